The van der Waals surface area contributed by atoms with E-state index in [1.165, 1.54) is 0 Å². The molecule has 7 heteroatoms. The third kappa shape index (κ3) is 1.91. The van der Waals surface area contributed by atoms with Crippen LogP contribution in [0.2, 0.25) is 0 Å². The van der Waals surface area contributed by atoms with Crippen molar-refractivity contribution in [2.24, 2.45) is 0 Å². The molecule has 0 amide bonds. The fraction of sp³-hybridized carbons (Fsp3) is 0.231. The van der Waals surface area contributed by atoms with E-state index < -0.39 is 24.4 Å². The molecule has 1 aromatic carbocycles. The van der Waals surface area contributed by atoms with Gasteiger partial charge in [-0.25, -0.2) is 0 Å². The zero-order valence-corrected chi connectivity index (χ0v) is 10.8. The number of benzene rings is 1. The molecule has 2 aliphatic rings. The summed E-state index contributed by atoms with van der Waals surface area (Å²) in [5.74, 6) is -1.33. The van der Waals surface area contributed by atoms with E-state index in [-0.39, 0.29) is 12.8 Å². The lowest BCUT2D eigenvalue weighted by Gasteiger charge is -2.22. The molecule has 2 aliphatic heterocycles. The molecule has 0 aromatic heterocycles. The first-order chi connectivity index (χ1) is 9.49. The molecule has 0 unspecified atom stereocenters. The van der Waals surface area contributed by atoms with E-state index in [2.05, 4.69) is 0 Å². The quantitative estimate of drug-likeness (QED) is 0.601. The second kappa shape index (κ2) is 4.30. The Balaban J connectivity index is 1.83. The number of rotatable bonds is 2. The highest BCUT2D eigenvalue weighted by molar-refractivity contribution is 7.03. The molecule has 0 atom stereocenters. The summed E-state index contributed by atoms with van der Waals surface area (Å²) in [5.41, 5.74) is 1.01. The maximum atomic E-state index is 12.2. The third-order valence-electron chi connectivity index (χ3n) is 3.42. The van der Waals surface area contributed by atoms with Gasteiger partial charge in [0.1, 0.15) is 18.6 Å². The van der Waals surface area contributed by atoms with E-state index in [0.29, 0.717) is 11.6 Å². The van der Waals surface area contributed by atoms with Crippen molar-refractivity contribution in [3.63, 3.8) is 0 Å². The molecule has 0 radical (unpaired) electrons. The second-order valence-electron chi connectivity index (χ2n) is 4.94. The highest BCUT2D eigenvalue weighted by Crippen LogP contribution is 2.41. The number of fused-ring (bicyclic) bond motifs is 1. The summed E-state index contributed by atoms with van der Waals surface area (Å²) in [5, 5.41) is 0. The van der Waals surface area contributed by atoms with E-state index in [1.54, 1.807) is 24.3 Å². The Labute approximate surface area is 115 Å². The van der Waals surface area contributed by atoms with Crippen molar-refractivity contribution in [2.75, 3.05) is 0 Å². The molecule has 6 nitrogen and oxygen atoms in total. The van der Waals surface area contributed by atoms with Crippen molar-refractivity contribution in [3.8, 4) is 5.75 Å². The molecule has 20 heavy (non-hydrogen) atoms. The third-order valence-corrected chi connectivity index (χ3v) is 3.42. The molecule has 2 fully saturated rings. The van der Waals surface area contributed by atoms with Gasteiger partial charge in [0.05, 0.1) is 0 Å². The fourth-order valence-electron chi connectivity index (χ4n) is 2.41. The van der Waals surface area contributed by atoms with E-state index in [4.69, 9.17) is 14.0 Å². The van der Waals surface area contributed by atoms with Crippen LogP contribution in [0.25, 0.3) is 0 Å². The molecule has 2 heterocycles. The predicted molar refractivity (Wildman–Crippen MR) is 67.6 cm³/mol. The zero-order chi connectivity index (χ0) is 14.3. The van der Waals surface area contributed by atoms with Crippen molar-refractivity contribution in [2.45, 2.75) is 19.8 Å². The average molecular weight is 274 g/mol. The topological polar surface area (TPSA) is 78.9 Å². The Bertz CT molecular complexity index is 573. The summed E-state index contributed by atoms with van der Waals surface area (Å²) in [6, 6.07) is 6.79. The SMILES string of the molecule is Cc1ccc(OC(=O)[B-]23OC(=O)C[C+]2CC(=O)O3)cc1. The number of aryl methyl sites for hydroxylation is 1. The predicted octanol–water partition coefficient (Wildman–Crippen LogP) is 1.53. The Kier molecular flexibility index (Phi) is 2.70. The largest absolute Gasteiger partial charge is 0.663 e. The van der Waals surface area contributed by atoms with Crippen molar-refractivity contribution >= 4 is 24.4 Å². The fourth-order valence-corrected chi connectivity index (χ4v) is 2.41. The van der Waals surface area contributed by atoms with Gasteiger partial charge in [-0.3, -0.25) is 14.4 Å². The van der Waals surface area contributed by atoms with Crippen LogP contribution in [0.5, 0.6) is 5.75 Å². The Morgan fingerprint density at radius 1 is 1.15 bits per heavy atom. The van der Waals surface area contributed by atoms with Gasteiger partial charge in [0, 0.05) is 5.82 Å². The lowest BCUT2D eigenvalue weighted by Crippen LogP contribution is -2.50. The van der Waals surface area contributed by atoms with Gasteiger partial charge in [0.15, 0.2) is 0 Å². The number of hydrogen-bond donors (Lipinski definition) is 0. The molecule has 0 saturated carbocycles. The lowest BCUT2D eigenvalue weighted by molar-refractivity contribution is -0.138. The first-order valence-electron chi connectivity index (χ1n) is 6.21. The number of hydrogen-bond acceptors (Lipinski definition) is 6. The van der Waals surface area contributed by atoms with Crippen LogP contribution in [0.15, 0.2) is 24.3 Å². The molecular weight excluding hydrogens is 263 g/mol. The summed E-state index contributed by atoms with van der Waals surface area (Å²) < 4.78 is 15.1. The smallest absolute Gasteiger partial charge is 0.606 e. The van der Waals surface area contributed by atoms with Gasteiger partial charge < -0.3 is 14.0 Å². The van der Waals surface area contributed by atoms with Crippen LogP contribution in [0.1, 0.15) is 18.4 Å². The minimum atomic E-state index is -2.74. The molecule has 3 rings (SSSR count). The van der Waals surface area contributed by atoms with Crippen LogP contribution in [-0.2, 0) is 18.9 Å². The van der Waals surface area contributed by atoms with Gasteiger partial charge in [-0.05, 0) is 19.1 Å². The van der Waals surface area contributed by atoms with E-state index in [9.17, 15) is 14.4 Å². The standard InChI is InChI=1S/C13H11BO6/c1-8-2-4-10(5-3-8)18-13(17)14-9(6-11(15)19-14)7-12(16)20-14/h2-5H,6-7H2,1H3. The highest BCUT2D eigenvalue weighted by atomic mass is 16.7. The molecule has 102 valence electrons. The van der Waals surface area contributed by atoms with Crippen LogP contribution in [-0.4, -0.2) is 24.4 Å². The highest BCUT2D eigenvalue weighted by Gasteiger charge is 2.71. The summed E-state index contributed by atoms with van der Waals surface area (Å²) >= 11 is 0. The first-order valence-corrected chi connectivity index (χ1v) is 6.21. The minimum absolute atomic E-state index is 0.0747. The van der Waals surface area contributed by atoms with Gasteiger partial charge >= 0.3 is 18.5 Å². The van der Waals surface area contributed by atoms with Crippen molar-refractivity contribution in [3.05, 3.63) is 35.6 Å². The van der Waals surface area contributed by atoms with Crippen molar-refractivity contribution in [1.29, 1.82) is 0 Å². The normalized spacial score (nSPS) is 19.4. The number of ether oxygens (including phenoxy) is 1. The van der Waals surface area contributed by atoms with Crippen LogP contribution >= 0.6 is 0 Å². The Hall–Kier alpha value is -2.44. The second-order valence-corrected chi connectivity index (χ2v) is 4.94. The molecule has 1 aromatic rings. The van der Waals surface area contributed by atoms with Gasteiger partial charge in [-0.15, -0.1) is 0 Å². The molecule has 0 N–H and O–H groups in total. The van der Waals surface area contributed by atoms with Crippen LogP contribution in [0, 0.1) is 12.7 Å². The van der Waals surface area contributed by atoms with E-state index in [1.807, 2.05) is 6.92 Å². The Morgan fingerprint density at radius 3 is 2.25 bits per heavy atom. The van der Waals surface area contributed by atoms with Crippen molar-refractivity contribution in [1.82, 2.24) is 0 Å². The van der Waals surface area contributed by atoms with Crippen LogP contribution in [0.4, 0.5) is 4.79 Å². The maximum absolute atomic E-state index is 12.2. The van der Waals surface area contributed by atoms with Gasteiger partial charge in [-0.1, -0.05) is 17.7 Å². The summed E-state index contributed by atoms with van der Waals surface area (Å²) in [6.45, 7) is -0.843. The molecule has 0 aliphatic carbocycles. The molecule has 2 saturated heterocycles. The summed E-state index contributed by atoms with van der Waals surface area (Å²) in [4.78, 5) is 34.9. The summed E-state index contributed by atoms with van der Waals surface area (Å²) in [7, 11) is 0. The van der Waals surface area contributed by atoms with E-state index in [0.717, 1.165) is 5.56 Å². The van der Waals surface area contributed by atoms with Gasteiger partial charge in [0.2, 0.25) is 0 Å². The monoisotopic (exact) mass is 274 g/mol. The number of carbonyl (C=O) groups excluding carboxylic acids is 3. The first kappa shape index (κ1) is 12.6. The average Bonchev–Trinajstić information content (AvgIpc) is 2.84. The van der Waals surface area contributed by atoms with Crippen molar-refractivity contribution < 1.29 is 28.4 Å². The number of carbonyl (C=O) groups is 3. The van der Waals surface area contributed by atoms with E-state index >= 15 is 0 Å². The Morgan fingerprint density at radius 2 is 1.70 bits per heavy atom. The zero-order valence-electron chi connectivity index (χ0n) is 10.8. The lowest BCUT2D eigenvalue weighted by atomic mass is 9.49. The maximum Gasteiger partial charge on any atom is 0.663 e. The molecule has 0 bridgehead atoms. The van der Waals surface area contributed by atoms with Crippen LogP contribution < -0.4 is 4.74 Å². The van der Waals surface area contributed by atoms with Gasteiger partial charge in [-0.2, -0.15) is 0 Å². The molecule has 0 spiro atoms. The van der Waals surface area contributed by atoms with Gasteiger partial charge in [0.25, 0.3) is 5.87 Å². The molecular formula is C13H11BO6. The van der Waals surface area contributed by atoms with Crippen LogP contribution in [0.3, 0.4) is 0 Å². The minimum Gasteiger partial charge on any atom is -0.606 e. The summed E-state index contributed by atoms with van der Waals surface area (Å²) in [6.07, 6.45) is -0.149.